The van der Waals surface area contributed by atoms with Crippen LogP contribution in [0.25, 0.3) is 16.8 Å². The average Bonchev–Trinajstić information content (AvgIpc) is 3.43. The third-order valence-electron chi connectivity index (χ3n) is 5.87. The van der Waals surface area contributed by atoms with Crippen LogP contribution in [0.2, 0.25) is 0 Å². The van der Waals surface area contributed by atoms with Crippen molar-refractivity contribution in [3.05, 3.63) is 59.7 Å². The number of carbonyl (C=O) groups excluding carboxylic acids is 1. The lowest BCUT2D eigenvalue weighted by Crippen LogP contribution is -2.26. The molecule has 9 heteroatoms. The van der Waals surface area contributed by atoms with Crippen molar-refractivity contribution >= 4 is 22.9 Å². The maximum absolute atomic E-state index is 14.1. The van der Waals surface area contributed by atoms with Crippen LogP contribution in [0.15, 0.2) is 43.0 Å². The van der Waals surface area contributed by atoms with Crippen molar-refractivity contribution in [2.24, 2.45) is 7.05 Å². The van der Waals surface area contributed by atoms with Gasteiger partial charge in [0.05, 0.1) is 18.0 Å². The summed E-state index contributed by atoms with van der Waals surface area (Å²) in [6, 6.07) is 5.22. The summed E-state index contributed by atoms with van der Waals surface area (Å²) in [5.41, 5.74) is 3.79. The topological polar surface area (TPSA) is 68.3 Å². The van der Waals surface area contributed by atoms with E-state index in [0.29, 0.717) is 41.1 Å². The second-order valence-corrected chi connectivity index (χ2v) is 7.92. The summed E-state index contributed by atoms with van der Waals surface area (Å²) < 4.78 is 31.3. The summed E-state index contributed by atoms with van der Waals surface area (Å²) in [5.74, 6) is 0.572. The normalized spacial score (nSPS) is 13.7. The molecule has 5 rings (SSSR count). The van der Waals surface area contributed by atoms with Crippen LogP contribution in [0.4, 0.5) is 20.3 Å². The Morgan fingerprint density at radius 1 is 1.22 bits per heavy atom. The molecule has 4 heterocycles. The van der Waals surface area contributed by atoms with Gasteiger partial charge in [0.25, 0.3) is 6.43 Å². The van der Waals surface area contributed by atoms with Crippen LogP contribution in [0, 0.1) is 0 Å². The van der Waals surface area contributed by atoms with Gasteiger partial charge in [0, 0.05) is 49.2 Å². The molecule has 0 bridgehead atoms. The molecule has 0 saturated heterocycles. The van der Waals surface area contributed by atoms with Crippen molar-refractivity contribution in [2.75, 3.05) is 11.4 Å². The Hall–Kier alpha value is -3.62. The molecule has 0 amide bonds. The molecule has 164 valence electrons. The molecule has 1 aliphatic rings. The van der Waals surface area contributed by atoms with Crippen molar-refractivity contribution in [3.8, 4) is 11.1 Å². The molecule has 0 radical (unpaired) electrons. The van der Waals surface area contributed by atoms with Gasteiger partial charge in [-0.05, 0) is 42.2 Å². The van der Waals surface area contributed by atoms with Gasteiger partial charge in [-0.1, -0.05) is 6.92 Å². The van der Waals surface area contributed by atoms with E-state index in [4.69, 9.17) is 0 Å². The number of halogens is 2. The molecule has 0 atom stereocenters. The molecule has 0 aliphatic carbocycles. The molecule has 32 heavy (non-hydrogen) atoms. The Balaban J connectivity index is 1.63. The minimum absolute atomic E-state index is 0.0315. The number of benzene rings is 1. The predicted molar refractivity (Wildman–Crippen MR) is 117 cm³/mol. The van der Waals surface area contributed by atoms with Crippen molar-refractivity contribution < 1.29 is 13.6 Å². The highest BCUT2D eigenvalue weighted by Crippen LogP contribution is 2.40. The zero-order valence-electron chi connectivity index (χ0n) is 17.8. The number of anilines is 2. The van der Waals surface area contributed by atoms with E-state index < -0.39 is 6.43 Å². The predicted octanol–water partition coefficient (Wildman–Crippen LogP) is 4.74. The Labute approximate surface area is 183 Å². The van der Waals surface area contributed by atoms with Gasteiger partial charge < -0.3 is 4.90 Å². The van der Waals surface area contributed by atoms with Crippen LogP contribution in [-0.2, 0) is 13.5 Å². The Kier molecular flexibility index (Phi) is 4.96. The largest absolute Gasteiger partial charge is 0.326 e. The number of aromatic nitrogens is 5. The first-order chi connectivity index (χ1) is 15.5. The second kappa shape index (κ2) is 7.81. The maximum atomic E-state index is 14.1. The average molecular weight is 436 g/mol. The van der Waals surface area contributed by atoms with Crippen molar-refractivity contribution in [1.29, 1.82) is 0 Å². The molecular formula is C23H22F2N6O. The van der Waals surface area contributed by atoms with Crippen LogP contribution in [0.1, 0.15) is 47.7 Å². The third-order valence-corrected chi connectivity index (χ3v) is 5.87. The summed E-state index contributed by atoms with van der Waals surface area (Å²) in [6.07, 6.45) is 6.00. The van der Waals surface area contributed by atoms with E-state index in [1.165, 1.54) is 6.20 Å². The van der Waals surface area contributed by atoms with Crippen LogP contribution < -0.4 is 4.90 Å². The minimum Gasteiger partial charge on any atom is -0.326 e. The fourth-order valence-electron chi connectivity index (χ4n) is 4.27. The molecule has 0 unspecified atom stereocenters. The number of fused-ring (bicyclic) bond motifs is 2. The Morgan fingerprint density at radius 3 is 2.78 bits per heavy atom. The number of alkyl halides is 2. The lowest BCUT2D eigenvalue weighted by Gasteiger charge is -2.31. The lowest BCUT2D eigenvalue weighted by molar-refractivity contribution is 0.0989. The molecule has 7 nitrogen and oxygen atoms in total. The van der Waals surface area contributed by atoms with Gasteiger partial charge >= 0.3 is 0 Å². The van der Waals surface area contributed by atoms with Crippen molar-refractivity contribution in [3.63, 3.8) is 0 Å². The summed E-state index contributed by atoms with van der Waals surface area (Å²) in [4.78, 5) is 18.9. The molecule has 0 N–H and O–H groups in total. The summed E-state index contributed by atoms with van der Waals surface area (Å²) in [6.45, 7) is 2.44. The number of hydrogen-bond donors (Lipinski definition) is 0. The lowest BCUT2D eigenvalue weighted by atomic mass is 9.93. The summed E-state index contributed by atoms with van der Waals surface area (Å²) >= 11 is 0. The first kappa shape index (κ1) is 20.3. The fourth-order valence-corrected chi connectivity index (χ4v) is 4.27. The first-order valence-electron chi connectivity index (χ1n) is 10.6. The Morgan fingerprint density at radius 2 is 2.06 bits per heavy atom. The van der Waals surface area contributed by atoms with E-state index in [2.05, 4.69) is 15.2 Å². The molecule has 4 aromatic rings. The van der Waals surface area contributed by atoms with Crippen molar-refractivity contribution in [1.82, 2.24) is 24.4 Å². The molecule has 0 fully saturated rings. The number of rotatable bonds is 5. The van der Waals surface area contributed by atoms with Crippen LogP contribution in [-0.4, -0.2) is 36.7 Å². The van der Waals surface area contributed by atoms with Gasteiger partial charge in [-0.2, -0.15) is 10.2 Å². The van der Waals surface area contributed by atoms with Gasteiger partial charge in [0.2, 0.25) is 0 Å². The monoisotopic (exact) mass is 436 g/mol. The molecule has 0 spiro atoms. The SMILES string of the molecule is CCC(=O)c1cnn2ccc(N3CCCc4cc(-c5cnn(C)c5)c(C(F)F)cc43)nc12. The number of carbonyl (C=O) groups is 1. The van der Waals surface area contributed by atoms with Crippen LogP contribution in [0.5, 0.6) is 0 Å². The highest BCUT2D eigenvalue weighted by Gasteiger charge is 2.26. The van der Waals surface area contributed by atoms with E-state index in [1.54, 1.807) is 53.9 Å². The molecule has 3 aromatic heterocycles. The van der Waals surface area contributed by atoms with E-state index in [9.17, 15) is 13.6 Å². The van der Waals surface area contributed by atoms with Crippen LogP contribution >= 0.6 is 0 Å². The highest BCUT2D eigenvalue weighted by molar-refractivity contribution is 6.01. The standard InChI is InChI=1S/C23H22F2N6O/c1-3-20(32)18-12-27-31-8-6-21(28-23(18)31)30-7-4-5-14-9-16(15-11-26-29(2)13-15)17(22(24)25)10-19(14)30/h6,8-13,22H,3-5,7H2,1-2H3. The number of hydrogen-bond acceptors (Lipinski definition) is 5. The van der Waals surface area contributed by atoms with Gasteiger partial charge in [-0.15, -0.1) is 0 Å². The van der Waals surface area contributed by atoms with Gasteiger partial charge in [-0.3, -0.25) is 9.48 Å². The number of Topliss-reactive ketones (excluding diaryl/α,β-unsaturated/α-hetero) is 1. The van der Waals surface area contributed by atoms with E-state index in [-0.39, 0.29) is 11.3 Å². The number of nitrogens with zero attached hydrogens (tertiary/aromatic N) is 6. The van der Waals surface area contributed by atoms with Gasteiger partial charge in [0.15, 0.2) is 11.4 Å². The number of ketones is 1. The molecule has 0 saturated carbocycles. The summed E-state index contributed by atoms with van der Waals surface area (Å²) in [7, 11) is 1.77. The van der Waals surface area contributed by atoms with Crippen molar-refractivity contribution in [2.45, 2.75) is 32.6 Å². The first-order valence-corrected chi connectivity index (χ1v) is 10.6. The van der Waals surface area contributed by atoms with E-state index in [1.807, 2.05) is 11.0 Å². The smallest absolute Gasteiger partial charge is 0.264 e. The molecule has 1 aromatic carbocycles. The molecule has 1 aliphatic heterocycles. The van der Waals surface area contributed by atoms with E-state index in [0.717, 1.165) is 24.1 Å². The second-order valence-electron chi connectivity index (χ2n) is 7.92. The van der Waals surface area contributed by atoms with E-state index >= 15 is 0 Å². The van der Waals surface area contributed by atoms with Crippen LogP contribution in [0.3, 0.4) is 0 Å². The maximum Gasteiger partial charge on any atom is 0.264 e. The zero-order chi connectivity index (χ0) is 22.4. The zero-order valence-corrected chi connectivity index (χ0v) is 17.8. The minimum atomic E-state index is -2.63. The van der Waals surface area contributed by atoms with Gasteiger partial charge in [0.1, 0.15) is 5.82 Å². The fraction of sp³-hybridized carbons (Fsp3) is 0.304. The number of aryl methyl sites for hydroxylation is 2. The van der Waals surface area contributed by atoms with Gasteiger partial charge in [-0.25, -0.2) is 18.3 Å². The molecular weight excluding hydrogens is 414 g/mol. The Bertz CT molecular complexity index is 1330. The quantitative estimate of drug-likeness (QED) is 0.423. The highest BCUT2D eigenvalue weighted by atomic mass is 19.3. The summed E-state index contributed by atoms with van der Waals surface area (Å²) in [5, 5.41) is 8.35. The third kappa shape index (κ3) is 3.34.